The van der Waals surface area contributed by atoms with Gasteiger partial charge in [-0.05, 0) is 6.07 Å². The van der Waals surface area contributed by atoms with Crippen LogP contribution in [0.1, 0.15) is 12.5 Å². The Hall–Kier alpha value is -1.02. The summed E-state index contributed by atoms with van der Waals surface area (Å²) in [5.74, 6) is 1.79. The number of benzene rings is 1. The molecule has 1 fully saturated rings. The number of nitrogens with one attached hydrogen (secondary N) is 1. The molecule has 1 aromatic rings. The zero-order chi connectivity index (χ0) is 15.3. The third-order valence-corrected chi connectivity index (χ3v) is 3.75. The summed E-state index contributed by atoms with van der Waals surface area (Å²) >= 11 is 0. The van der Waals surface area contributed by atoms with Gasteiger partial charge in [-0.15, -0.1) is 24.0 Å². The van der Waals surface area contributed by atoms with Crippen molar-refractivity contribution in [2.45, 2.75) is 13.5 Å². The highest BCUT2D eigenvalue weighted by Gasteiger charge is 2.33. The number of para-hydroxylation sites is 1. The molecule has 0 amide bonds. The Balaban J connectivity index is 0.00000242. The van der Waals surface area contributed by atoms with E-state index >= 15 is 0 Å². The Labute approximate surface area is 150 Å². The smallest absolute Gasteiger partial charge is 0.193 e. The zero-order valence-electron chi connectivity index (χ0n) is 13.8. The maximum atomic E-state index is 5.40. The number of guanidine groups is 1. The fourth-order valence-electron chi connectivity index (χ4n) is 2.39. The van der Waals surface area contributed by atoms with Gasteiger partial charge in [-0.25, -0.2) is 0 Å². The summed E-state index contributed by atoms with van der Waals surface area (Å²) in [7, 11) is 5.53. The fourth-order valence-corrected chi connectivity index (χ4v) is 2.39. The summed E-state index contributed by atoms with van der Waals surface area (Å²) in [5, 5.41) is 3.42. The molecule has 1 aromatic carbocycles. The van der Waals surface area contributed by atoms with Crippen molar-refractivity contribution < 1.29 is 9.47 Å². The number of methoxy groups -OCH3 is 1. The molecule has 6 heteroatoms. The van der Waals surface area contributed by atoms with Gasteiger partial charge in [0.25, 0.3) is 0 Å². The topological polar surface area (TPSA) is 46.1 Å². The molecule has 0 saturated carbocycles. The van der Waals surface area contributed by atoms with E-state index in [1.54, 1.807) is 14.2 Å². The quantitative estimate of drug-likeness (QED) is 0.452. The van der Waals surface area contributed by atoms with Crippen molar-refractivity contribution in [1.82, 2.24) is 10.2 Å². The molecule has 1 N–H and O–H groups in total. The molecule has 0 atom stereocenters. The molecule has 0 radical (unpaired) electrons. The van der Waals surface area contributed by atoms with Crippen LogP contribution in [-0.2, 0) is 11.3 Å². The average molecular weight is 419 g/mol. The van der Waals surface area contributed by atoms with Crippen molar-refractivity contribution in [3.8, 4) is 5.75 Å². The first-order chi connectivity index (χ1) is 10.1. The summed E-state index contributed by atoms with van der Waals surface area (Å²) in [4.78, 5) is 6.45. The van der Waals surface area contributed by atoms with Gasteiger partial charge in [-0.1, -0.05) is 25.1 Å². The highest BCUT2D eigenvalue weighted by Crippen LogP contribution is 2.25. The third kappa shape index (κ3) is 4.74. The van der Waals surface area contributed by atoms with Crippen LogP contribution in [-0.4, -0.2) is 51.8 Å². The number of ether oxygens (including phenoxy) is 2. The Bertz CT molecular complexity index is 504. The van der Waals surface area contributed by atoms with E-state index in [1.807, 2.05) is 25.2 Å². The Morgan fingerprint density at radius 3 is 2.64 bits per heavy atom. The van der Waals surface area contributed by atoms with Crippen LogP contribution in [0.25, 0.3) is 0 Å². The van der Waals surface area contributed by atoms with Gasteiger partial charge in [0, 0.05) is 38.2 Å². The lowest BCUT2D eigenvalue weighted by molar-refractivity contribution is -0.0972. The first kappa shape index (κ1) is 19.0. The van der Waals surface area contributed by atoms with Gasteiger partial charge < -0.3 is 19.7 Å². The second-order valence-electron chi connectivity index (χ2n) is 5.87. The van der Waals surface area contributed by atoms with Gasteiger partial charge in [0.1, 0.15) is 5.75 Å². The Morgan fingerprint density at radius 2 is 2.09 bits per heavy atom. The molecule has 5 nitrogen and oxygen atoms in total. The fraction of sp³-hybridized carbons (Fsp3) is 0.562. The number of nitrogens with zero attached hydrogens (tertiary/aromatic N) is 2. The van der Waals surface area contributed by atoms with E-state index in [-0.39, 0.29) is 29.4 Å². The van der Waals surface area contributed by atoms with Gasteiger partial charge in [-0.3, -0.25) is 4.99 Å². The van der Waals surface area contributed by atoms with E-state index < -0.39 is 0 Å². The van der Waals surface area contributed by atoms with Gasteiger partial charge in [-0.2, -0.15) is 0 Å². The summed E-state index contributed by atoms with van der Waals surface area (Å²) in [5.41, 5.74) is 1.37. The van der Waals surface area contributed by atoms with Crippen molar-refractivity contribution in [1.29, 1.82) is 0 Å². The molecule has 1 saturated heterocycles. The summed E-state index contributed by atoms with van der Waals surface area (Å²) in [6, 6.07) is 8.05. The lowest BCUT2D eigenvalue weighted by Crippen LogP contribution is -2.51. The van der Waals surface area contributed by atoms with Gasteiger partial charge in [0.05, 0.1) is 20.3 Å². The minimum Gasteiger partial charge on any atom is -0.496 e. The molecule has 0 aromatic heterocycles. The lowest BCUT2D eigenvalue weighted by Gasteiger charge is -2.39. The second kappa shape index (κ2) is 8.57. The van der Waals surface area contributed by atoms with Gasteiger partial charge in [0.15, 0.2) is 5.96 Å². The maximum Gasteiger partial charge on any atom is 0.193 e. The standard InChI is InChI=1S/C16H25N3O2.HI/c1-16(11-21-12-16)10-18-15(17-2)19(3)9-13-7-5-6-8-14(13)20-4;/h5-8H,9-12H2,1-4H3,(H,17,18);1H. The predicted molar refractivity (Wildman–Crippen MR) is 100 cm³/mol. The minimum absolute atomic E-state index is 0. The van der Waals surface area contributed by atoms with Crippen molar-refractivity contribution in [3.05, 3.63) is 29.8 Å². The minimum atomic E-state index is 0. The van der Waals surface area contributed by atoms with Gasteiger partial charge in [0.2, 0.25) is 0 Å². The molecule has 1 aliphatic rings. The highest BCUT2D eigenvalue weighted by atomic mass is 127. The first-order valence-electron chi connectivity index (χ1n) is 7.19. The second-order valence-corrected chi connectivity index (χ2v) is 5.87. The van der Waals surface area contributed by atoms with Crippen LogP contribution in [0.4, 0.5) is 0 Å². The average Bonchev–Trinajstić information content (AvgIpc) is 2.46. The predicted octanol–water partition coefficient (Wildman–Crippen LogP) is 2.36. The maximum absolute atomic E-state index is 5.40. The molecule has 0 aliphatic carbocycles. The first-order valence-corrected chi connectivity index (χ1v) is 7.19. The molecule has 0 bridgehead atoms. The number of rotatable bonds is 5. The van der Waals surface area contributed by atoms with Crippen molar-refractivity contribution in [2.75, 3.05) is 41.0 Å². The SMILES string of the molecule is CN=C(NCC1(C)COC1)N(C)Cc1ccccc1OC.I. The van der Waals surface area contributed by atoms with E-state index in [0.29, 0.717) is 0 Å². The highest BCUT2D eigenvalue weighted by molar-refractivity contribution is 14.0. The normalized spacial score (nSPS) is 16.3. The summed E-state index contributed by atoms with van der Waals surface area (Å²) in [6.07, 6.45) is 0. The largest absolute Gasteiger partial charge is 0.496 e. The molecular weight excluding hydrogens is 393 g/mol. The molecule has 2 rings (SSSR count). The molecule has 124 valence electrons. The summed E-state index contributed by atoms with van der Waals surface area (Å²) in [6.45, 7) is 5.46. The van der Waals surface area contributed by atoms with Gasteiger partial charge >= 0.3 is 0 Å². The molecule has 0 spiro atoms. The van der Waals surface area contributed by atoms with Crippen LogP contribution < -0.4 is 10.1 Å². The van der Waals surface area contributed by atoms with Crippen LogP contribution in [0.15, 0.2) is 29.3 Å². The number of hydrogen-bond donors (Lipinski definition) is 1. The molecule has 22 heavy (non-hydrogen) atoms. The van der Waals surface area contributed by atoms with E-state index in [0.717, 1.165) is 43.6 Å². The molecule has 1 aliphatic heterocycles. The summed E-state index contributed by atoms with van der Waals surface area (Å²) < 4.78 is 10.7. The molecule has 1 heterocycles. The van der Waals surface area contributed by atoms with Crippen LogP contribution >= 0.6 is 24.0 Å². The van der Waals surface area contributed by atoms with Crippen LogP contribution in [0.5, 0.6) is 5.75 Å². The van der Waals surface area contributed by atoms with Crippen molar-refractivity contribution >= 4 is 29.9 Å². The number of hydrogen-bond acceptors (Lipinski definition) is 3. The monoisotopic (exact) mass is 419 g/mol. The van der Waals surface area contributed by atoms with Crippen LogP contribution in [0.2, 0.25) is 0 Å². The Morgan fingerprint density at radius 1 is 1.41 bits per heavy atom. The lowest BCUT2D eigenvalue weighted by atomic mass is 9.89. The van der Waals surface area contributed by atoms with E-state index in [1.165, 1.54) is 0 Å². The van der Waals surface area contributed by atoms with Crippen molar-refractivity contribution in [3.63, 3.8) is 0 Å². The van der Waals surface area contributed by atoms with E-state index in [2.05, 4.69) is 28.2 Å². The number of aliphatic imine (C=N–C) groups is 1. The third-order valence-electron chi connectivity index (χ3n) is 3.75. The molecule has 0 unspecified atom stereocenters. The Kier molecular flexibility index (Phi) is 7.41. The van der Waals surface area contributed by atoms with Crippen LogP contribution in [0, 0.1) is 5.41 Å². The zero-order valence-corrected chi connectivity index (χ0v) is 16.1. The van der Waals surface area contributed by atoms with Crippen LogP contribution in [0.3, 0.4) is 0 Å². The van der Waals surface area contributed by atoms with Crippen molar-refractivity contribution in [2.24, 2.45) is 10.4 Å². The number of halogens is 1. The van der Waals surface area contributed by atoms with E-state index in [4.69, 9.17) is 9.47 Å². The van der Waals surface area contributed by atoms with E-state index in [9.17, 15) is 0 Å². The molecular formula is C16H26IN3O2.